The molecule has 0 aliphatic carbocycles. The number of sulfone groups is 1. The number of benzene rings is 1. The minimum Gasteiger partial charge on any atom is -0.383 e. The molecule has 0 spiro atoms. The lowest BCUT2D eigenvalue weighted by Crippen LogP contribution is -2.02. The van der Waals surface area contributed by atoms with Crippen molar-refractivity contribution < 1.29 is 8.42 Å². The van der Waals surface area contributed by atoms with Crippen molar-refractivity contribution >= 4 is 27.3 Å². The zero-order valence-electron chi connectivity index (χ0n) is 9.88. The largest absolute Gasteiger partial charge is 0.383 e. The van der Waals surface area contributed by atoms with Crippen LogP contribution in [-0.4, -0.2) is 24.5 Å². The molecule has 0 amide bonds. The maximum atomic E-state index is 11.7. The highest BCUT2D eigenvalue weighted by Gasteiger charge is 2.18. The summed E-state index contributed by atoms with van der Waals surface area (Å²) < 4.78 is 25.0. The molecule has 0 saturated carbocycles. The second-order valence-corrected chi connectivity index (χ2v) is 6.40. The van der Waals surface area contributed by atoms with Gasteiger partial charge in [0.15, 0.2) is 9.84 Å². The zero-order valence-corrected chi connectivity index (χ0v) is 11.5. The van der Waals surface area contributed by atoms with Crippen LogP contribution < -0.4 is 5.73 Å². The van der Waals surface area contributed by atoms with Crippen LogP contribution in [0.15, 0.2) is 29.3 Å². The molecule has 0 bridgehead atoms. The van der Waals surface area contributed by atoms with E-state index in [0.29, 0.717) is 22.0 Å². The molecule has 2 rings (SSSR count). The molecule has 96 valence electrons. The predicted octanol–water partition coefficient (Wildman–Crippen LogP) is 1.73. The normalized spacial score (nSPS) is 11.7. The smallest absolute Gasteiger partial charge is 0.176 e. The first kappa shape index (κ1) is 12.9. The van der Waals surface area contributed by atoms with E-state index in [1.165, 1.54) is 23.0 Å². The Bertz CT molecular complexity index is 707. The summed E-state index contributed by atoms with van der Waals surface area (Å²) in [6, 6.07) is 4.58. The number of rotatable bonds is 2. The highest BCUT2D eigenvalue weighted by molar-refractivity contribution is 7.90. The summed E-state index contributed by atoms with van der Waals surface area (Å²) in [5.74, 6) is 0.391. The van der Waals surface area contributed by atoms with Gasteiger partial charge in [0.1, 0.15) is 5.82 Å². The van der Waals surface area contributed by atoms with Gasteiger partial charge in [0, 0.05) is 29.5 Å². The van der Waals surface area contributed by atoms with E-state index >= 15 is 0 Å². The van der Waals surface area contributed by atoms with Crippen LogP contribution in [0.4, 0.5) is 5.82 Å². The monoisotopic (exact) mass is 285 g/mol. The van der Waals surface area contributed by atoms with Gasteiger partial charge in [-0.25, -0.2) is 8.42 Å². The third kappa shape index (κ3) is 2.21. The minimum atomic E-state index is -3.36. The molecule has 0 atom stereocenters. The third-order valence-corrected chi connectivity index (χ3v) is 4.01. The molecule has 0 saturated heterocycles. The number of nitrogen functional groups attached to an aromatic ring is 1. The fourth-order valence-electron chi connectivity index (χ4n) is 1.69. The molecule has 2 aromatic rings. The van der Waals surface area contributed by atoms with Gasteiger partial charge in [-0.15, -0.1) is 0 Å². The predicted molar refractivity (Wildman–Crippen MR) is 71.2 cm³/mol. The van der Waals surface area contributed by atoms with Gasteiger partial charge in [0.25, 0.3) is 0 Å². The summed E-state index contributed by atoms with van der Waals surface area (Å²) in [5.41, 5.74) is 6.88. The number of nitrogens with zero attached hydrogens (tertiary/aromatic N) is 2. The lowest BCUT2D eigenvalue weighted by atomic mass is 10.1. The summed E-state index contributed by atoms with van der Waals surface area (Å²) >= 11 is 5.91. The van der Waals surface area contributed by atoms with Crippen LogP contribution >= 0.6 is 11.6 Å². The van der Waals surface area contributed by atoms with Crippen molar-refractivity contribution in [2.24, 2.45) is 7.05 Å². The Hall–Kier alpha value is -1.53. The van der Waals surface area contributed by atoms with Gasteiger partial charge in [0.2, 0.25) is 0 Å². The van der Waals surface area contributed by atoms with Crippen LogP contribution in [0.3, 0.4) is 0 Å². The summed E-state index contributed by atoms with van der Waals surface area (Å²) in [7, 11) is -1.67. The fraction of sp³-hybridized carbons (Fsp3) is 0.182. The maximum absolute atomic E-state index is 11.7. The molecule has 5 nitrogen and oxygen atoms in total. The van der Waals surface area contributed by atoms with E-state index in [-0.39, 0.29) is 4.90 Å². The van der Waals surface area contributed by atoms with E-state index in [2.05, 4.69) is 5.10 Å². The minimum absolute atomic E-state index is 0.187. The van der Waals surface area contributed by atoms with E-state index in [1.54, 1.807) is 13.1 Å². The fourth-order valence-corrected chi connectivity index (χ4v) is 2.75. The number of hydrogen-bond donors (Lipinski definition) is 1. The first-order chi connectivity index (χ1) is 8.30. The van der Waals surface area contributed by atoms with Gasteiger partial charge in [-0.1, -0.05) is 11.6 Å². The quantitative estimate of drug-likeness (QED) is 0.911. The maximum Gasteiger partial charge on any atom is 0.176 e. The van der Waals surface area contributed by atoms with Gasteiger partial charge in [-0.05, 0) is 18.2 Å². The van der Waals surface area contributed by atoms with Crippen molar-refractivity contribution in [2.45, 2.75) is 4.90 Å². The van der Waals surface area contributed by atoms with E-state index in [9.17, 15) is 8.42 Å². The van der Waals surface area contributed by atoms with Crippen molar-refractivity contribution in [1.82, 2.24) is 9.78 Å². The number of hydrogen-bond acceptors (Lipinski definition) is 4. The topological polar surface area (TPSA) is 78.0 Å². The van der Waals surface area contributed by atoms with Gasteiger partial charge in [-0.3, -0.25) is 4.68 Å². The molecule has 0 radical (unpaired) electrons. The second-order valence-electron chi connectivity index (χ2n) is 3.98. The van der Waals surface area contributed by atoms with Crippen molar-refractivity contribution in [2.75, 3.05) is 12.0 Å². The molecule has 0 fully saturated rings. The molecule has 7 heteroatoms. The molecule has 0 aliphatic rings. The average molecular weight is 286 g/mol. The van der Waals surface area contributed by atoms with Crippen LogP contribution in [0.25, 0.3) is 11.1 Å². The summed E-state index contributed by atoms with van der Waals surface area (Å²) in [5, 5.41) is 4.44. The SMILES string of the molecule is Cn1ncc(-c2cc(Cl)ccc2S(C)(=O)=O)c1N. The Morgan fingerprint density at radius 3 is 2.50 bits per heavy atom. The number of halogens is 1. The number of anilines is 1. The van der Waals surface area contributed by atoms with Crippen molar-refractivity contribution in [1.29, 1.82) is 0 Å². The lowest BCUT2D eigenvalue weighted by Gasteiger charge is -2.08. The first-order valence-corrected chi connectivity index (χ1v) is 7.35. The third-order valence-electron chi connectivity index (χ3n) is 2.62. The van der Waals surface area contributed by atoms with Crippen molar-refractivity contribution in [3.05, 3.63) is 29.4 Å². The standard InChI is InChI=1S/C11H12ClN3O2S/c1-15-11(13)9(6-14-15)8-5-7(12)3-4-10(8)18(2,16)17/h3-6H,13H2,1-2H3. The highest BCUT2D eigenvalue weighted by Crippen LogP contribution is 2.33. The van der Waals surface area contributed by atoms with Gasteiger partial charge in [0.05, 0.1) is 11.1 Å². The highest BCUT2D eigenvalue weighted by atomic mass is 35.5. The van der Waals surface area contributed by atoms with Gasteiger partial charge in [-0.2, -0.15) is 5.10 Å². The second kappa shape index (κ2) is 4.29. The molecular weight excluding hydrogens is 274 g/mol. The van der Waals surface area contributed by atoms with Crippen LogP contribution in [0, 0.1) is 0 Å². The molecule has 0 unspecified atom stereocenters. The molecule has 1 aromatic heterocycles. The Morgan fingerprint density at radius 2 is 2.00 bits per heavy atom. The number of aromatic nitrogens is 2. The molecule has 2 N–H and O–H groups in total. The van der Waals surface area contributed by atoms with Crippen molar-refractivity contribution in [3.8, 4) is 11.1 Å². The number of aryl methyl sites for hydroxylation is 1. The van der Waals surface area contributed by atoms with Crippen LogP contribution in [0.5, 0.6) is 0 Å². The summed E-state index contributed by atoms with van der Waals surface area (Å²) in [4.78, 5) is 0.187. The van der Waals surface area contributed by atoms with E-state index in [1.807, 2.05) is 0 Å². The van der Waals surface area contributed by atoms with Gasteiger partial charge >= 0.3 is 0 Å². The Morgan fingerprint density at radius 1 is 1.33 bits per heavy atom. The average Bonchev–Trinajstić information content (AvgIpc) is 2.58. The lowest BCUT2D eigenvalue weighted by molar-refractivity contribution is 0.602. The molecule has 0 aliphatic heterocycles. The molecule has 18 heavy (non-hydrogen) atoms. The summed E-state index contributed by atoms with van der Waals surface area (Å²) in [6.07, 6.45) is 2.67. The van der Waals surface area contributed by atoms with E-state index < -0.39 is 9.84 Å². The zero-order chi connectivity index (χ0) is 13.5. The van der Waals surface area contributed by atoms with Crippen LogP contribution in [-0.2, 0) is 16.9 Å². The molecular formula is C11H12ClN3O2S. The van der Waals surface area contributed by atoms with Gasteiger partial charge < -0.3 is 5.73 Å². The summed E-state index contributed by atoms with van der Waals surface area (Å²) in [6.45, 7) is 0. The molecule has 1 heterocycles. The number of nitrogens with two attached hydrogens (primary N) is 1. The Labute approximate surface area is 110 Å². The van der Waals surface area contributed by atoms with E-state index in [0.717, 1.165) is 6.26 Å². The molecule has 1 aromatic carbocycles. The first-order valence-electron chi connectivity index (χ1n) is 5.08. The van der Waals surface area contributed by atoms with Crippen molar-refractivity contribution in [3.63, 3.8) is 0 Å². The Balaban J connectivity index is 2.78. The van der Waals surface area contributed by atoms with E-state index in [4.69, 9.17) is 17.3 Å². The van der Waals surface area contributed by atoms with Crippen LogP contribution in [0.1, 0.15) is 0 Å². The Kier molecular flexibility index (Phi) is 3.08. The van der Waals surface area contributed by atoms with Crippen LogP contribution in [0.2, 0.25) is 5.02 Å².